The third kappa shape index (κ3) is 4.28. The van der Waals surface area contributed by atoms with E-state index in [-0.39, 0.29) is 10.9 Å². The first-order valence-electron chi connectivity index (χ1n) is 8.21. The summed E-state index contributed by atoms with van der Waals surface area (Å²) in [5.41, 5.74) is 1.15. The molecule has 140 valence electrons. The fraction of sp³-hybridized carbons (Fsp3) is 0.353. The van der Waals surface area contributed by atoms with Crippen molar-refractivity contribution in [1.29, 1.82) is 0 Å². The van der Waals surface area contributed by atoms with Crippen LogP contribution in [0, 0.1) is 5.92 Å². The first-order chi connectivity index (χ1) is 12.4. The van der Waals surface area contributed by atoms with Crippen molar-refractivity contribution in [3.63, 3.8) is 0 Å². The van der Waals surface area contributed by atoms with E-state index >= 15 is 0 Å². The van der Waals surface area contributed by atoms with Gasteiger partial charge in [0.15, 0.2) is 5.76 Å². The third-order valence-corrected chi connectivity index (χ3v) is 6.13. The van der Waals surface area contributed by atoms with E-state index < -0.39 is 15.9 Å². The average molecular weight is 442 g/mol. The van der Waals surface area contributed by atoms with E-state index in [4.69, 9.17) is 4.42 Å². The SMILES string of the molecule is CNS(=O)(=O)c1ccc(C(=O)NCC2CCN(c3cccc(Br)c3)C2)o1. The van der Waals surface area contributed by atoms with Gasteiger partial charge < -0.3 is 14.6 Å². The fourth-order valence-corrected chi connectivity index (χ4v) is 3.95. The van der Waals surface area contributed by atoms with E-state index in [1.807, 2.05) is 12.1 Å². The van der Waals surface area contributed by atoms with Crippen molar-refractivity contribution in [1.82, 2.24) is 10.0 Å². The Morgan fingerprint density at radius 2 is 2.15 bits per heavy atom. The lowest BCUT2D eigenvalue weighted by Gasteiger charge is -2.19. The monoisotopic (exact) mass is 441 g/mol. The van der Waals surface area contributed by atoms with Crippen molar-refractivity contribution < 1.29 is 17.6 Å². The lowest BCUT2D eigenvalue weighted by molar-refractivity contribution is 0.0915. The number of anilines is 1. The number of hydrogen-bond donors (Lipinski definition) is 2. The zero-order valence-electron chi connectivity index (χ0n) is 14.2. The van der Waals surface area contributed by atoms with E-state index in [1.54, 1.807) is 0 Å². The average Bonchev–Trinajstić information content (AvgIpc) is 3.29. The second-order valence-electron chi connectivity index (χ2n) is 6.12. The van der Waals surface area contributed by atoms with Crippen LogP contribution in [-0.4, -0.2) is 41.0 Å². The minimum atomic E-state index is -3.69. The van der Waals surface area contributed by atoms with Crippen molar-refractivity contribution in [2.45, 2.75) is 11.5 Å². The van der Waals surface area contributed by atoms with Gasteiger partial charge >= 0.3 is 0 Å². The van der Waals surface area contributed by atoms with Crippen LogP contribution in [0.1, 0.15) is 17.0 Å². The standard InChI is InChI=1S/C17H20BrN3O4S/c1-19-26(23,24)16-6-5-15(25-16)17(22)20-10-12-7-8-21(11-12)14-4-2-3-13(18)9-14/h2-6,9,12,19H,7-8,10-11H2,1H3,(H,20,22). The van der Waals surface area contributed by atoms with Crippen LogP contribution < -0.4 is 14.9 Å². The van der Waals surface area contributed by atoms with Crippen molar-refractivity contribution in [3.05, 3.63) is 46.6 Å². The maximum Gasteiger partial charge on any atom is 0.287 e. The van der Waals surface area contributed by atoms with E-state index in [1.165, 1.54) is 19.2 Å². The van der Waals surface area contributed by atoms with Crippen LogP contribution >= 0.6 is 15.9 Å². The summed E-state index contributed by atoms with van der Waals surface area (Å²) in [4.78, 5) is 14.5. The molecule has 0 spiro atoms. The molecule has 2 aromatic rings. The summed E-state index contributed by atoms with van der Waals surface area (Å²) in [6.45, 7) is 2.30. The molecule has 1 unspecified atom stereocenters. The van der Waals surface area contributed by atoms with Crippen LogP contribution in [0.3, 0.4) is 0 Å². The number of benzene rings is 1. The number of hydrogen-bond acceptors (Lipinski definition) is 5. The number of carbonyl (C=O) groups is 1. The molecule has 2 heterocycles. The molecule has 0 bridgehead atoms. The maximum atomic E-state index is 12.2. The van der Waals surface area contributed by atoms with Gasteiger partial charge in [-0.1, -0.05) is 22.0 Å². The highest BCUT2D eigenvalue weighted by molar-refractivity contribution is 9.10. The number of nitrogens with zero attached hydrogens (tertiary/aromatic N) is 1. The topological polar surface area (TPSA) is 91.6 Å². The Morgan fingerprint density at radius 1 is 1.35 bits per heavy atom. The zero-order chi connectivity index (χ0) is 18.7. The number of sulfonamides is 1. The normalized spacial score (nSPS) is 17.5. The van der Waals surface area contributed by atoms with E-state index in [0.717, 1.165) is 29.7 Å². The molecule has 1 amide bonds. The Bertz CT molecular complexity index is 897. The quantitative estimate of drug-likeness (QED) is 0.716. The van der Waals surface area contributed by atoms with Crippen molar-refractivity contribution in [3.8, 4) is 0 Å². The minimum Gasteiger partial charge on any atom is -0.438 e. The summed E-state index contributed by atoms with van der Waals surface area (Å²) in [6.07, 6.45) is 0.977. The minimum absolute atomic E-state index is 0.0133. The van der Waals surface area contributed by atoms with Gasteiger partial charge in [0.05, 0.1) is 0 Å². The first kappa shape index (κ1) is 18.9. The van der Waals surface area contributed by atoms with Crippen LogP contribution in [0.15, 0.2) is 50.4 Å². The van der Waals surface area contributed by atoms with E-state index in [2.05, 4.69) is 43.0 Å². The molecular formula is C17H20BrN3O4S. The van der Waals surface area contributed by atoms with Gasteiger partial charge in [0.25, 0.3) is 15.9 Å². The fourth-order valence-electron chi connectivity index (χ4n) is 2.92. The third-order valence-electron chi connectivity index (χ3n) is 4.35. The molecule has 3 rings (SSSR count). The van der Waals surface area contributed by atoms with Crippen LogP contribution in [0.5, 0.6) is 0 Å². The molecule has 0 radical (unpaired) electrons. The van der Waals surface area contributed by atoms with Crippen LogP contribution in [0.25, 0.3) is 0 Å². The highest BCUT2D eigenvalue weighted by Gasteiger charge is 2.24. The largest absolute Gasteiger partial charge is 0.438 e. The molecule has 1 aromatic carbocycles. The Kier molecular flexibility index (Phi) is 5.69. The molecule has 1 fully saturated rings. The van der Waals surface area contributed by atoms with Gasteiger partial charge in [0.2, 0.25) is 5.09 Å². The highest BCUT2D eigenvalue weighted by Crippen LogP contribution is 2.26. The summed E-state index contributed by atoms with van der Waals surface area (Å²) >= 11 is 3.48. The number of carbonyl (C=O) groups excluding carboxylic acids is 1. The molecule has 2 N–H and O–H groups in total. The number of furan rings is 1. The Labute approximate surface area is 160 Å². The molecule has 1 aliphatic rings. The summed E-state index contributed by atoms with van der Waals surface area (Å²) in [5.74, 6) is -0.0995. The number of amides is 1. The number of nitrogens with one attached hydrogen (secondary N) is 2. The lowest BCUT2D eigenvalue weighted by atomic mass is 10.1. The molecular weight excluding hydrogens is 422 g/mol. The molecule has 26 heavy (non-hydrogen) atoms. The smallest absolute Gasteiger partial charge is 0.287 e. The van der Waals surface area contributed by atoms with Gasteiger partial charge in [-0.25, -0.2) is 13.1 Å². The van der Waals surface area contributed by atoms with Crippen LogP contribution in [0.4, 0.5) is 5.69 Å². The molecule has 9 heteroatoms. The zero-order valence-corrected chi connectivity index (χ0v) is 16.6. The van der Waals surface area contributed by atoms with Crippen molar-refractivity contribution in [2.75, 3.05) is 31.6 Å². The Hall–Kier alpha value is -1.84. The predicted molar refractivity (Wildman–Crippen MR) is 102 cm³/mol. The second-order valence-corrected chi connectivity index (χ2v) is 8.85. The number of halogens is 1. The molecule has 7 nitrogen and oxygen atoms in total. The second kappa shape index (κ2) is 7.81. The van der Waals surface area contributed by atoms with Gasteiger partial charge in [-0.15, -0.1) is 0 Å². The Balaban J connectivity index is 1.54. The first-order valence-corrected chi connectivity index (χ1v) is 10.5. The van der Waals surface area contributed by atoms with Gasteiger partial charge in [-0.3, -0.25) is 4.79 Å². The molecule has 1 atom stereocenters. The molecule has 1 aliphatic heterocycles. The lowest BCUT2D eigenvalue weighted by Crippen LogP contribution is -2.30. The molecule has 0 aliphatic carbocycles. The van der Waals surface area contributed by atoms with Gasteiger partial charge in [-0.2, -0.15) is 0 Å². The van der Waals surface area contributed by atoms with Crippen molar-refractivity contribution in [2.24, 2.45) is 5.92 Å². The Morgan fingerprint density at radius 3 is 2.88 bits per heavy atom. The summed E-state index contributed by atoms with van der Waals surface area (Å²) in [5, 5.41) is 2.55. The van der Waals surface area contributed by atoms with E-state index in [0.29, 0.717) is 12.5 Å². The number of rotatable bonds is 6. The molecule has 1 aromatic heterocycles. The summed E-state index contributed by atoms with van der Waals surface area (Å²) in [7, 11) is -2.40. The molecule has 0 saturated carbocycles. The van der Waals surface area contributed by atoms with E-state index in [9.17, 15) is 13.2 Å². The molecule has 1 saturated heterocycles. The van der Waals surface area contributed by atoms with Gasteiger partial charge in [0, 0.05) is 29.8 Å². The summed E-state index contributed by atoms with van der Waals surface area (Å²) in [6, 6.07) is 10.8. The summed E-state index contributed by atoms with van der Waals surface area (Å²) < 4.78 is 31.6. The van der Waals surface area contributed by atoms with Crippen LogP contribution in [0.2, 0.25) is 0 Å². The van der Waals surface area contributed by atoms with Gasteiger partial charge in [-0.05, 0) is 49.7 Å². The predicted octanol–water partition coefficient (Wildman–Crippen LogP) is 2.21. The van der Waals surface area contributed by atoms with Crippen LogP contribution in [-0.2, 0) is 10.0 Å². The highest BCUT2D eigenvalue weighted by atomic mass is 79.9. The van der Waals surface area contributed by atoms with Crippen molar-refractivity contribution >= 4 is 37.5 Å². The maximum absolute atomic E-state index is 12.2. The van der Waals surface area contributed by atoms with Gasteiger partial charge in [0.1, 0.15) is 0 Å².